The second-order valence-electron chi connectivity index (χ2n) is 4.96. The van der Waals surface area contributed by atoms with E-state index in [1.807, 2.05) is 59.1 Å². The molecule has 132 valence electrons. The van der Waals surface area contributed by atoms with E-state index < -0.39 is 0 Å². The molecule has 2 atom stereocenters. The van der Waals surface area contributed by atoms with Crippen LogP contribution in [-0.2, 0) is 0 Å². The Bertz CT molecular complexity index is 400. The van der Waals surface area contributed by atoms with Crippen molar-refractivity contribution in [3.8, 4) is 0 Å². The first-order chi connectivity index (χ1) is 11.3. The van der Waals surface area contributed by atoms with Crippen molar-refractivity contribution in [2.45, 2.75) is 74.1 Å². The van der Waals surface area contributed by atoms with Crippen LogP contribution in [0.3, 0.4) is 0 Å². The van der Waals surface area contributed by atoms with E-state index in [9.17, 15) is 0 Å². The summed E-state index contributed by atoms with van der Waals surface area (Å²) >= 11 is 0. The van der Waals surface area contributed by atoms with Crippen LogP contribution in [0.4, 0.5) is 0 Å². The van der Waals surface area contributed by atoms with Crippen LogP contribution in [0.2, 0.25) is 0 Å². The van der Waals surface area contributed by atoms with E-state index in [-0.39, 0.29) is 0 Å². The SMILES string of the molecule is C=C/C=C(\C=C/C)C1=NN=CC(CCC)C1CCC.CC.CC. The Morgan fingerprint density at radius 2 is 1.74 bits per heavy atom. The molecule has 0 aromatic carbocycles. The lowest BCUT2D eigenvalue weighted by atomic mass is 9.79. The Labute approximate surface area is 145 Å². The molecule has 0 amide bonds. The van der Waals surface area contributed by atoms with Crippen molar-refractivity contribution >= 4 is 11.9 Å². The van der Waals surface area contributed by atoms with Gasteiger partial charge in [0.15, 0.2) is 0 Å². The molecule has 0 aromatic heterocycles. The summed E-state index contributed by atoms with van der Waals surface area (Å²) in [5.74, 6) is 1.01. The maximum atomic E-state index is 4.42. The van der Waals surface area contributed by atoms with Gasteiger partial charge < -0.3 is 0 Å². The Hall–Kier alpha value is -1.44. The van der Waals surface area contributed by atoms with Crippen LogP contribution in [0.5, 0.6) is 0 Å². The van der Waals surface area contributed by atoms with Crippen molar-refractivity contribution in [2.75, 3.05) is 0 Å². The lowest BCUT2D eigenvalue weighted by Crippen LogP contribution is -2.28. The summed E-state index contributed by atoms with van der Waals surface area (Å²) in [6.07, 6.45) is 14.8. The van der Waals surface area contributed by atoms with Crippen LogP contribution in [0.15, 0.2) is 46.7 Å². The Morgan fingerprint density at radius 1 is 1.13 bits per heavy atom. The predicted molar refractivity (Wildman–Crippen MR) is 109 cm³/mol. The summed E-state index contributed by atoms with van der Waals surface area (Å²) < 4.78 is 0. The molecule has 0 spiro atoms. The molecule has 23 heavy (non-hydrogen) atoms. The molecule has 0 aromatic rings. The smallest absolute Gasteiger partial charge is 0.0739 e. The molecular formula is C21H38N2. The average Bonchev–Trinajstić information content (AvgIpc) is 2.60. The van der Waals surface area contributed by atoms with Gasteiger partial charge in [-0.2, -0.15) is 10.2 Å². The van der Waals surface area contributed by atoms with Crippen molar-refractivity contribution in [2.24, 2.45) is 22.0 Å². The first-order valence-electron chi connectivity index (χ1n) is 9.35. The Balaban J connectivity index is 0. The van der Waals surface area contributed by atoms with E-state index in [0.29, 0.717) is 11.8 Å². The van der Waals surface area contributed by atoms with Crippen LogP contribution in [0.25, 0.3) is 0 Å². The number of hydrogen-bond acceptors (Lipinski definition) is 2. The monoisotopic (exact) mass is 318 g/mol. The normalized spacial score (nSPS) is 20.1. The highest BCUT2D eigenvalue weighted by Crippen LogP contribution is 2.29. The zero-order valence-corrected chi connectivity index (χ0v) is 16.5. The van der Waals surface area contributed by atoms with Gasteiger partial charge in [0.25, 0.3) is 0 Å². The zero-order valence-electron chi connectivity index (χ0n) is 16.5. The second kappa shape index (κ2) is 16.9. The van der Waals surface area contributed by atoms with Gasteiger partial charge in [-0.15, -0.1) is 0 Å². The van der Waals surface area contributed by atoms with Gasteiger partial charge in [0, 0.05) is 18.1 Å². The van der Waals surface area contributed by atoms with Gasteiger partial charge in [-0.05, 0) is 25.3 Å². The summed E-state index contributed by atoms with van der Waals surface area (Å²) in [4.78, 5) is 0. The minimum atomic E-state index is 0.491. The molecule has 1 rings (SSSR count). The van der Waals surface area contributed by atoms with Gasteiger partial charge >= 0.3 is 0 Å². The highest BCUT2D eigenvalue weighted by Gasteiger charge is 2.27. The van der Waals surface area contributed by atoms with Crippen molar-refractivity contribution < 1.29 is 0 Å². The highest BCUT2D eigenvalue weighted by molar-refractivity contribution is 6.06. The van der Waals surface area contributed by atoms with Crippen LogP contribution in [0.1, 0.15) is 74.1 Å². The minimum Gasteiger partial charge on any atom is -0.163 e. The molecule has 0 fully saturated rings. The molecular weight excluding hydrogens is 280 g/mol. The van der Waals surface area contributed by atoms with Gasteiger partial charge in [0.1, 0.15) is 0 Å². The molecule has 2 heteroatoms. The Morgan fingerprint density at radius 3 is 2.22 bits per heavy atom. The number of hydrogen-bond donors (Lipinski definition) is 0. The third-order valence-corrected chi connectivity index (χ3v) is 3.45. The highest BCUT2D eigenvalue weighted by atomic mass is 15.2. The van der Waals surface area contributed by atoms with E-state index in [1.165, 1.54) is 25.7 Å². The quantitative estimate of drug-likeness (QED) is 0.451. The van der Waals surface area contributed by atoms with Crippen molar-refractivity contribution in [3.63, 3.8) is 0 Å². The van der Waals surface area contributed by atoms with Crippen LogP contribution in [0, 0.1) is 11.8 Å². The largest absolute Gasteiger partial charge is 0.163 e. The average molecular weight is 319 g/mol. The lowest BCUT2D eigenvalue weighted by molar-refractivity contribution is 0.459. The molecule has 2 unspecified atom stereocenters. The molecule has 0 saturated heterocycles. The third kappa shape index (κ3) is 8.68. The van der Waals surface area contributed by atoms with E-state index in [2.05, 4.69) is 36.7 Å². The fraction of sp³-hybridized carbons (Fsp3) is 0.619. The summed E-state index contributed by atoms with van der Waals surface area (Å²) in [6, 6.07) is 0. The third-order valence-electron chi connectivity index (χ3n) is 3.45. The van der Waals surface area contributed by atoms with Crippen molar-refractivity contribution in [1.29, 1.82) is 0 Å². The molecule has 0 N–H and O–H groups in total. The molecule has 1 heterocycles. The first kappa shape index (κ1) is 23.8. The first-order valence-corrected chi connectivity index (χ1v) is 9.35. The van der Waals surface area contributed by atoms with E-state index in [1.54, 1.807) is 0 Å². The van der Waals surface area contributed by atoms with E-state index in [4.69, 9.17) is 0 Å². The van der Waals surface area contributed by atoms with Gasteiger partial charge in [-0.3, -0.25) is 0 Å². The van der Waals surface area contributed by atoms with Crippen LogP contribution in [-0.4, -0.2) is 11.9 Å². The van der Waals surface area contributed by atoms with Crippen LogP contribution >= 0.6 is 0 Å². The Kier molecular flexibility index (Phi) is 17.5. The summed E-state index contributed by atoms with van der Waals surface area (Å²) in [7, 11) is 0. The van der Waals surface area contributed by atoms with E-state index in [0.717, 1.165) is 11.3 Å². The molecule has 0 aliphatic carbocycles. The number of allylic oxidation sites excluding steroid dienone is 5. The molecule has 2 nitrogen and oxygen atoms in total. The molecule has 0 bridgehead atoms. The van der Waals surface area contributed by atoms with Gasteiger partial charge in [-0.1, -0.05) is 85.3 Å². The topological polar surface area (TPSA) is 24.7 Å². The fourth-order valence-electron chi connectivity index (χ4n) is 2.64. The molecule has 0 radical (unpaired) electrons. The maximum Gasteiger partial charge on any atom is 0.0739 e. The van der Waals surface area contributed by atoms with Gasteiger partial charge in [-0.25, -0.2) is 0 Å². The van der Waals surface area contributed by atoms with Crippen molar-refractivity contribution in [3.05, 3.63) is 36.5 Å². The molecule has 0 saturated carbocycles. The molecule has 1 aliphatic rings. The summed E-state index contributed by atoms with van der Waals surface area (Å²) in [5, 5.41) is 8.65. The maximum absolute atomic E-state index is 4.42. The molecule has 1 aliphatic heterocycles. The lowest BCUT2D eigenvalue weighted by Gasteiger charge is -2.27. The summed E-state index contributed by atoms with van der Waals surface area (Å²) in [5.41, 5.74) is 2.27. The summed E-state index contributed by atoms with van der Waals surface area (Å²) in [6.45, 7) is 18.3. The van der Waals surface area contributed by atoms with E-state index >= 15 is 0 Å². The second-order valence-corrected chi connectivity index (χ2v) is 4.96. The van der Waals surface area contributed by atoms with Crippen LogP contribution < -0.4 is 0 Å². The standard InChI is InChI=1S/C17H26N2.2C2H6/c1-5-9-14(10-6-2)17-16(12-8-4)15(11-7-3)13-18-19-17;2*1-2/h5-6,9-10,13,15-16H,1,7-8,11-12H2,2-4H3;2*1-2H3/b10-6-,14-9+;;. The zero-order chi connectivity index (χ0) is 18.1. The van der Waals surface area contributed by atoms with Crippen molar-refractivity contribution in [1.82, 2.24) is 0 Å². The minimum absolute atomic E-state index is 0.491. The fourth-order valence-corrected chi connectivity index (χ4v) is 2.64. The van der Waals surface area contributed by atoms with Gasteiger partial charge in [0.2, 0.25) is 0 Å². The predicted octanol–water partition coefficient (Wildman–Crippen LogP) is 7.00. The number of rotatable bonds is 7. The van der Waals surface area contributed by atoms with Gasteiger partial charge in [0.05, 0.1) is 5.71 Å². The number of nitrogens with zero attached hydrogens (tertiary/aromatic N) is 2.